The molecule has 1 aliphatic heterocycles. The molecule has 33 heavy (non-hydrogen) atoms. The number of sulfonamides is 1. The normalized spacial score (nSPS) is 18.0. The van der Waals surface area contributed by atoms with Gasteiger partial charge in [-0.1, -0.05) is 30.3 Å². The third-order valence-electron chi connectivity index (χ3n) is 5.28. The van der Waals surface area contributed by atoms with E-state index in [1.807, 2.05) is 0 Å². The van der Waals surface area contributed by atoms with Crippen LogP contribution in [0.5, 0.6) is 0 Å². The number of benzene rings is 2. The summed E-state index contributed by atoms with van der Waals surface area (Å²) in [6, 6.07) is 13.2. The summed E-state index contributed by atoms with van der Waals surface area (Å²) in [5.74, 6) is -1.10. The lowest BCUT2D eigenvalue weighted by Gasteiger charge is -2.27. The van der Waals surface area contributed by atoms with Crippen molar-refractivity contribution >= 4 is 27.6 Å². The van der Waals surface area contributed by atoms with Crippen LogP contribution < -0.4 is 11.1 Å². The molecule has 2 aromatic carbocycles. The minimum Gasteiger partial charge on any atom is -0.458 e. The van der Waals surface area contributed by atoms with Crippen LogP contribution in [0.25, 0.3) is 0 Å². The van der Waals surface area contributed by atoms with Gasteiger partial charge in [-0.25, -0.2) is 13.2 Å². The zero-order valence-corrected chi connectivity index (χ0v) is 20.0. The molecule has 0 spiro atoms. The smallest absolute Gasteiger partial charge is 0.329 e. The summed E-state index contributed by atoms with van der Waals surface area (Å²) in [4.78, 5) is 26.2. The zero-order valence-electron chi connectivity index (χ0n) is 19.2. The zero-order chi connectivity index (χ0) is 24.2. The van der Waals surface area contributed by atoms with E-state index in [0.717, 1.165) is 5.56 Å². The monoisotopic (exact) mass is 473 g/mol. The van der Waals surface area contributed by atoms with Crippen LogP contribution in [-0.2, 0) is 30.8 Å². The van der Waals surface area contributed by atoms with Crippen molar-refractivity contribution in [2.45, 2.75) is 62.6 Å². The number of hydrogen-bond donors (Lipinski definition) is 2. The van der Waals surface area contributed by atoms with Crippen LogP contribution in [0, 0.1) is 0 Å². The number of carbonyl (C=O) groups excluding carboxylic acids is 2. The molecule has 178 valence electrons. The van der Waals surface area contributed by atoms with Crippen molar-refractivity contribution in [3.8, 4) is 0 Å². The number of rotatable bonds is 7. The number of amides is 1. The molecule has 0 radical (unpaired) electrons. The van der Waals surface area contributed by atoms with Gasteiger partial charge in [-0.3, -0.25) is 4.79 Å². The highest BCUT2D eigenvalue weighted by molar-refractivity contribution is 7.89. The second-order valence-electron chi connectivity index (χ2n) is 9.13. The lowest BCUT2D eigenvalue weighted by atomic mass is 10.0. The van der Waals surface area contributed by atoms with E-state index in [-0.39, 0.29) is 17.9 Å². The maximum Gasteiger partial charge on any atom is 0.329 e. The fourth-order valence-electron chi connectivity index (χ4n) is 3.74. The summed E-state index contributed by atoms with van der Waals surface area (Å²) in [6.45, 7) is 5.48. The van der Waals surface area contributed by atoms with Crippen molar-refractivity contribution in [3.63, 3.8) is 0 Å². The van der Waals surface area contributed by atoms with Gasteiger partial charge in [0.15, 0.2) is 0 Å². The number of esters is 1. The summed E-state index contributed by atoms with van der Waals surface area (Å²) in [7, 11) is -3.84. The number of nitrogens with two attached hydrogens (primary N) is 1. The Hall–Kier alpha value is -2.91. The van der Waals surface area contributed by atoms with Crippen LogP contribution in [0.2, 0.25) is 0 Å². The number of anilines is 1. The number of hydrogen-bond acceptors (Lipinski definition) is 6. The molecule has 9 heteroatoms. The van der Waals surface area contributed by atoms with Gasteiger partial charge in [0.2, 0.25) is 15.9 Å². The largest absolute Gasteiger partial charge is 0.458 e. The standard InChI is InChI=1S/C24H31N3O5S/c1-24(2,3)32-23(29)20(16-17-11-13-18(25)14-12-17)26-22(28)21-10-7-15-27(21)33(30,31)19-8-5-4-6-9-19/h4-6,8-9,11-14,20-21H,7,10,15-16,25H2,1-3H3,(H,26,28)/t20-,21-/m0/s1. The van der Waals surface area contributed by atoms with Crippen molar-refractivity contribution in [1.29, 1.82) is 0 Å². The summed E-state index contributed by atoms with van der Waals surface area (Å²) >= 11 is 0. The van der Waals surface area contributed by atoms with Crippen molar-refractivity contribution in [1.82, 2.24) is 9.62 Å². The highest BCUT2D eigenvalue weighted by atomic mass is 32.2. The van der Waals surface area contributed by atoms with E-state index in [4.69, 9.17) is 10.5 Å². The van der Waals surface area contributed by atoms with E-state index in [9.17, 15) is 18.0 Å². The average Bonchev–Trinajstić information content (AvgIpc) is 3.25. The number of carbonyl (C=O) groups is 2. The molecule has 1 amide bonds. The number of nitrogens with one attached hydrogen (secondary N) is 1. The van der Waals surface area contributed by atoms with Crippen LogP contribution in [0.15, 0.2) is 59.5 Å². The van der Waals surface area contributed by atoms with E-state index in [0.29, 0.717) is 18.5 Å². The first-order valence-electron chi connectivity index (χ1n) is 10.9. The maximum atomic E-state index is 13.2. The predicted molar refractivity (Wildman–Crippen MR) is 126 cm³/mol. The Balaban J connectivity index is 1.81. The maximum absolute atomic E-state index is 13.2. The highest BCUT2D eigenvalue weighted by Crippen LogP contribution is 2.26. The molecule has 0 bridgehead atoms. The van der Waals surface area contributed by atoms with Crippen LogP contribution in [0.1, 0.15) is 39.2 Å². The van der Waals surface area contributed by atoms with E-state index < -0.39 is 39.6 Å². The Labute approximate surface area is 195 Å². The fraction of sp³-hybridized carbons (Fsp3) is 0.417. The average molecular weight is 474 g/mol. The molecule has 2 atom stereocenters. The van der Waals surface area contributed by atoms with Crippen LogP contribution in [0.3, 0.4) is 0 Å². The van der Waals surface area contributed by atoms with E-state index in [1.54, 1.807) is 63.2 Å². The SMILES string of the molecule is CC(C)(C)OC(=O)[C@H](Cc1ccc(N)cc1)NC(=O)[C@@H]1CCCN1S(=O)(=O)c1ccccc1. The number of nitrogen functional groups attached to an aromatic ring is 1. The summed E-state index contributed by atoms with van der Waals surface area (Å²) < 4.78 is 33.0. The Bertz CT molecular complexity index is 1080. The lowest BCUT2D eigenvalue weighted by Crippen LogP contribution is -2.52. The molecule has 0 unspecified atom stereocenters. The summed E-state index contributed by atoms with van der Waals surface area (Å²) in [6.07, 6.45) is 1.12. The summed E-state index contributed by atoms with van der Waals surface area (Å²) in [5, 5.41) is 2.75. The van der Waals surface area contributed by atoms with Crippen molar-refractivity contribution in [3.05, 3.63) is 60.2 Å². The van der Waals surface area contributed by atoms with E-state index >= 15 is 0 Å². The topological polar surface area (TPSA) is 119 Å². The van der Waals surface area contributed by atoms with E-state index in [2.05, 4.69) is 5.32 Å². The van der Waals surface area contributed by atoms with Crippen molar-refractivity contribution in [2.75, 3.05) is 12.3 Å². The molecule has 0 aromatic heterocycles. The quantitative estimate of drug-likeness (QED) is 0.471. The minimum atomic E-state index is -3.84. The summed E-state index contributed by atoms with van der Waals surface area (Å²) in [5.41, 5.74) is 6.38. The van der Waals surface area contributed by atoms with Gasteiger partial charge in [0.25, 0.3) is 0 Å². The molecule has 1 fully saturated rings. The van der Waals surface area contributed by atoms with Gasteiger partial charge < -0.3 is 15.8 Å². The molecule has 8 nitrogen and oxygen atoms in total. The molecule has 1 aliphatic rings. The van der Waals surface area contributed by atoms with Crippen LogP contribution >= 0.6 is 0 Å². The third kappa shape index (κ3) is 6.33. The molecule has 0 aliphatic carbocycles. The second-order valence-corrected chi connectivity index (χ2v) is 11.0. The molecule has 3 rings (SSSR count). The molecule has 0 saturated carbocycles. The van der Waals surface area contributed by atoms with Crippen LogP contribution in [0.4, 0.5) is 5.69 Å². The van der Waals surface area contributed by atoms with Gasteiger partial charge in [0.1, 0.15) is 17.7 Å². The van der Waals surface area contributed by atoms with Crippen molar-refractivity contribution in [2.24, 2.45) is 0 Å². The number of ether oxygens (including phenoxy) is 1. The van der Waals surface area contributed by atoms with Crippen LogP contribution in [-0.4, -0.2) is 48.8 Å². The lowest BCUT2D eigenvalue weighted by molar-refractivity contribution is -0.158. The van der Waals surface area contributed by atoms with Gasteiger partial charge in [-0.2, -0.15) is 4.31 Å². The highest BCUT2D eigenvalue weighted by Gasteiger charge is 2.40. The minimum absolute atomic E-state index is 0.135. The Morgan fingerprint density at radius 3 is 2.36 bits per heavy atom. The van der Waals surface area contributed by atoms with E-state index in [1.165, 1.54) is 16.4 Å². The first kappa shape index (κ1) is 24.7. The molecule has 1 saturated heterocycles. The van der Waals surface area contributed by atoms with Gasteiger partial charge in [-0.15, -0.1) is 0 Å². The molecule has 1 heterocycles. The predicted octanol–water partition coefficient (Wildman–Crippen LogP) is 2.49. The fourth-order valence-corrected chi connectivity index (χ4v) is 5.42. The Morgan fingerprint density at radius 2 is 1.76 bits per heavy atom. The molecular formula is C24H31N3O5S. The second kappa shape index (κ2) is 9.93. The number of nitrogens with zero attached hydrogens (tertiary/aromatic N) is 1. The van der Waals surface area contributed by atoms with Gasteiger partial charge >= 0.3 is 5.97 Å². The molecular weight excluding hydrogens is 442 g/mol. The first-order chi connectivity index (χ1) is 15.5. The third-order valence-corrected chi connectivity index (χ3v) is 7.21. The first-order valence-corrected chi connectivity index (χ1v) is 12.4. The van der Waals surface area contributed by atoms with Crippen molar-refractivity contribution < 1.29 is 22.7 Å². The Kier molecular flexibility index (Phi) is 7.44. The van der Waals surface area contributed by atoms with Gasteiger partial charge in [-0.05, 0) is 63.4 Å². The van der Waals surface area contributed by atoms with Gasteiger partial charge in [0.05, 0.1) is 4.90 Å². The molecule has 3 N–H and O–H groups in total. The van der Waals surface area contributed by atoms with Gasteiger partial charge in [0, 0.05) is 18.7 Å². The molecule has 2 aromatic rings. The Morgan fingerprint density at radius 1 is 1.12 bits per heavy atom.